The predicted molar refractivity (Wildman–Crippen MR) is 142 cm³/mol. The first-order chi connectivity index (χ1) is 17.8. The van der Waals surface area contributed by atoms with E-state index in [4.69, 9.17) is 15.5 Å². The minimum absolute atomic E-state index is 0.0174. The van der Waals surface area contributed by atoms with Gasteiger partial charge in [0, 0.05) is 12.6 Å². The van der Waals surface area contributed by atoms with Crippen molar-refractivity contribution in [3.8, 4) is 0 Å². The minimum Gasteiger partial charge on any atom is -0.465 e. The van der Waals surface area contributed by atoms with Crippen LogP contribution < -0.4 is 10.6 Å². The van der Waals surface area contributed by atoms with Crippen molar-refractivity contribution < 1.29 is 15.0 Å². The molecule has 0 bridgehead atoms. The normalized spacial score (nSPS) is 24.5. The summed E-state index contributed by atoms with van der Waals surface area (Å²) >= 11 is 0. The Morgan fingerprint density at radius 2 is 1.70 bits per heavy atom. The Morgan fingerprint density at radius 3 is 2.32 bits per heavy atom. The standard InChI is InChI=1S/C27H41N7O3/c1-15-10-12-17(13-11-15)14-34-20-23(29-16(2)18-8-5-9-18)31-25(22(28)30-27(36)37)32-24(20)33-26(34)21(35)19-6-3-4-7-19/h15-19,21,35H,3-14H2,1-2H3,(H2,28,30)(H,36,37)(H,29,31,32)/t15?,16-,17?,21?/m1/s1. The number of carboxylic acid groups (broad SMARTS) is 1. The summed E-state index contributed by atoms with van der Waals surface area (Å²) in [7, 11) is 0. The summed E-state index contributed by atoms with van der Waals surface area (Å²) in [5.41, 5.74) is 1.16. The largest absolute Gasteiger partial charge is 0.465 e. The van der Waals surface area contributed by atoms with Gasteiger partial charge in [0.1, 0.15) is 17.4 Å². The predicted octanol–water partition coefficient (Wildman–Crippen LogP) is 5.07. The molecule has 0 radical (unpaired) electrons. The van der Waals surface area contributed by atoms with Crippen molar-refractivity contribution in [2.75, 3.05) is 5.32 Å². The van der Waals surface area contributed by atoms with Crippen molar-refractivity contribution >= 4 is 28.9 Å². The lowest BCUT2D eigenvalue weighted by Crippen LogP contribution is -2.33. The number of hydrogen-bond donors (Lipinski definition) is 5. The van der Waals surface area contributed by atoms with Crippen LogP contribution in [0.5, 0.6) is 0 Å². The molecule has 202 valence electrons. The number of rotatable bonds is 8. The van der Waals surface area contributed by atoms with Gasteiger partial charge in [-0.3, -0.25) is 10.7 Å². The fourth-order valence-corrected chi connectivity index (χ4v) is 6.37. The molecule has 5 N–H and O–H groups in total. The third-order valence-corrected chi connectivity index (χ3v) is 9.00. The Bertz CT molecular complexity index is 1130. The fourth-order valence-electron chi connectivity index (χ4n) is 6.37. The topological polar surface area (TPSA) is 149 Å². The lowest BCUT2D eigenvalue weighted by Gasteiger charge is -2.32. The SMILES string of the molecule is CC1CCC(Cn2c(C(O)C3CCCC3)nc3nc(C(=N)NC(=O)O)nc(N[C@H](C)C4CCC4)c32)CC1. The van der Waals surface area contributed by atoms with Gasteiger partial charge >= 0.3 is 6.09 Å². The van der Waals surface area contributed by atoms with Crippen LogP contribution in [0.15, 0.2) is 0 Å². The first kappa shape index (κ1) is 25.9. The van der Waals surface area contributed by atoms with Gasteiger partial charge in [-0.25, -0.2) is 19.7 Å². The minimum atomic E-state index is -1.33. The van der Waals surface area contributed by atoms with Crippen LogP contribution in [0.1, 0.15) is 102 Å². The highest BCUT2D eigenvalue weighted by atomic mass is 16.4. The van der Waals surface area contributed by atoms with Crippen molar-refractivity contribution in [3.05, 3.63) is 11.6 Å². The molecule has 3 aliphatic rings. The van der Waals surface area contributed by atoms with Crippen LogP contribution in [-0.2, 0) is 6.54 Å². The highest BCUT2D eigenvalue weighted by Gasteiger charge is 2.33. The van der Waals surface area contributed by atoms with Gasteiger partial charge in [-0.1, -0.05) is 39.0 Å². The van der Waals surface area contributed by atoms with Gasteiger partial charge in [-0.05, 0) is 69.1 Å². The maximum Gasteiger partial charge on any atom is 0.410 e. The van der Waals surface area contributed by atoms with E-state index in [2.05, 4.69) is 39.0 Å². The third kappa shape index (κ3) is 5.58. The Labute approximate surface area is 218 Å². The quantitative estimate of drug-likeness (QED) is 0.245. The van der Waals surface area contributed by atoms with E-state index >= 15 is 0 Å². The van der Waals surface area contributed by atoms with Gasteiger partial charge in [0.15, 0.2) is 23.1 Å². The average Bonchev–Trinajstić information content (AvgIpc) is 3.47. The van der Waals surface area contributed by atoms with Crippen LogP contribution in [0.2, 0.25) is 0 Å². The van der Waals surface area contributed by atoms with Gasteiger partial charge in [0.05, 0.1) is 0 Å². The van der Waals surface area contributed by atoms with Gasteiger partial charge in [-0.15, -0.1) is 0 Å². The molecule has 2 aromatic heterocycles. The Kier molecular flexibility index (Phi) is 7.65. The number of nitrogens with zero attached hydrogens (tertiary/aromatic N) is 4. The summed E-state index contributed by atoms with van der Waals surface area (Å²) in [5, 5.41) is 34.5. The van der Waals surface area contributed by atoms with Crippen LogP contribution in [0.4, 0.5) is 10.6 Å². The zero-order chi connectivity index (χ0) is 26.1. The van der Waals surface area contributed by atoms with Crippen molar-refractivity contribution in [1.82, 2.24) is 24.8 Å². The molecule has 0 aliphatic heterocycles. The molecule has 0 spiro atoms. The number of aromatic nitrogens is 4. The number of fused-ring (bicyclic) bond motifs is 1. The molecule has 0 saturated heterocycles. The zero-order valence-corrected chi connectivity index (χ0v) is 22.0. The first-order valence-electron chi connectivity index (χ1n) is 14.1. The van der Waals surface area contributed by atoms with Crippen LogP contribution >= 0.6 is 0 Å². The maximum atomic E-state index is 11.5. The van der Waals surface area contributed by atoms with Crippen LogP contribution in [0.3, 0.4) is 0 Å². The van der Waals surface area contributed by atoms with Gasteiger partial charge in [-0.2, -0.15) is 0 Å². The van der Waals surface area contributed by atoms with Crippen molar-refractivity contribution in [2.45, 2.75) is 103 Å². The summed E-state index contributed by atoms with van der Waals surface area (Å²) in [4.78, 5) is 25.2. The van der Waals surface area contributed by atoms with Crippen molar-refractivity contribution in [1.29, 1.82) is 5.41 Å². The summed E-state index contributed by atoms with van der Waals surface area (Å²) in [6, 6.07) is 0.170. The van der Waals surface area contributed by atoms with E-state index in [0.717, 1.165) is 69.3 Å². The zero-order valence-electron chi connectivity index (χ0n) is 22.0. The second kappa shape index (κ2) is 10.9. The molecule has 3 fully saturated rings. The third-order valence-electron chi connectivity index (χ3n) is 9.00. The van der Waals surface area contributed by atoms with Gasteiger partial charge < -0.3 is 20.1 Å². The number of amidine groups is 1. The van der Waals surface area contributed by atoms with E-state index in [0.29, 0.717) is 29.1 Å². The molecule has 1 amide bonds. The van der Waals surface area contributed by atoms with Gasteiger partial charge in [0.2, 0.25) is 0 Å². The fraction of sp³-hybridized carbons (Fsp3) is 0.741. The molecule has 2 heterocycles. The van der Waals surface area contributed by atoms with E-state index in [1.165, 1.54) is 19.3 Å². The second-order valence-electron chi connectivity index (χ2n) is 11.7. The number of anilines is 1. The lowest BCUT2D eigenvalue weighted by atomic mass is 9.80. The molecular formula is C27H41N7O3. The summed E-state index contributed by atoms with van der Waals surface area (Å²) in [6.07, 6.45) is 10.5. The second-order valence-corrected chi connectivity index (χ2v) is 11.7. The number of imidazole rings is 1. The number of aliphatic hydroxyl groups is 1. The molecule has 2 atom stereocenters. The van der Waals surface area contributed by atoms with E-state index in [9.17, 15) is 9.90 Å². The van der Waals surface area contributed by atoms with Gasteiger partial charge in [0.25, 0.3) is 0 Å². The molecule has 3 aliphatic carbocycles. The first-order valence-corrected chi connectivity index (χ1v) is 14.1. The molecule has 5 rings (SSSR count). The smallest absolute Gasteiger partial charge is 0.410 e. The van der Waals surface area contributed by atoms with E-state index < -0.39 is 12.2 Å². The Hall–Kier alpha value is -2.75. The molecule has 2 aromatic rings. The van der Waals surface area contributed by atoms with E-state index in [-0.39, 0.29) is 23.6 Å². The number of nitrogens with one attached hydrogen (secondary N) is 3. The van der Waals surface area contributed by atoms with Crippen LogP contribution in [0.25, 0.3) is 11.2 Å². The highest BCUT2D eigenvalue weighted by Crippen LogP contribution is 2.39. The Balaban J connectivity index is 1.59. The van der Waals surface area contributed by atoms with Crippen LogP contribution in [0, 0.1) is 29.1 Å². The monoisotopic (exact) mass is 511 g/mol. The molecular weight excluding hydrogens is 470 g/mol. The molecule has 10 nitrogen and oxygen atoms in total. The van der Waals surface area contributed by atoms with E-state index in [1.54, 1.807) is 0 Å². The average molecular weight is 512 g/mol. The molecule has 1 unspecified atom stereocenters. The Morgan fingerprint density at radius 1 is 1.03 bits per heavy atom. The highest BCUT2D eigenvalue weighted by molar-refractivity contribution is 6.03. The molecule has 10 heteroatoms. The van der Waals surface area contributed by atoms with Crippen molar-refractivity contribution in [3.63, 3.8) is 0 Å². The number of hydrogen-bond acceptors (Lipinski definition) is 7. The molecule has 0 aromatic carbocycles. The maximum absolute atomic E-state index is 11.5. The number of amides is 1. The van der Waals surface area contributed by atoms with Crippen molar-refractivity contribution in [2.24, 2.45) is 23.7 Å². The summed E-state index contributed by atoms with van der Waals surface area (Å²) in [6.45, 7) is 5.22. The molecule has 3 saturated carbocycles. The van der Waals surface area contributed by atoms with Crippen LogP contribution in [-0.4, -0.2) is 47.7 Å². The summed E-state index contributed by atoms with van der Waals surface area (Å²) < 4.78 is 2.15. The lowest BCUT2D eigenvalue weighted by molar-refractivity contribution is 0.0975. The number of carbonyl (C=O) groups is 1. The molecule has 37 heavy (non-hydrogen) atoms. The van der Waals surface area contributed by atoms with E-state index in [1.807, 2.05) is 0 Å². The number of aliphatic hydroxyl groups excluding tert-OH is 1. The summed E-state index contributed by atoms with van der Waals surface area (Å²) in [5.74, 6) is 2.75.